The van der Waals surface area contributed by atoms with E-state index in [-0.39, 0.29) is 12.2 Å². The topological polar surface area (TPSA) is 176 Å². The van der Waals surface area contributed by atoms with Crippen LogP contribution in [0.2, 0.25) is 0 Å². The summed E-state index contributed by atoms with van der Waals surface area (Å²) in [6.07, 6.45) is 2.95. The largest absolute Gasteiger partial charge is 0.478 e. The van der Waals surface area contributed by atoms with E-state index in [1.165, 1.54) is 24.3 Å². The van der Waals surface area contributed by atoms with E-state index in [0.717, 1.165) is 5.56 Å². The van der Waals surface area contributed by atoms with E-state index in [1.54, 1.807) is 29.2 Å². The van der Waals surface area contributed by atoms with Gasteiger partial charge in [0, 0.05) is 18.3 Å². The van der Waals surface area contributed by atoms with Crippen LogP contribution in [0.4, 0.5) is 10.5 Å². The highest BCUT2D eigenvalue weighted by Crippen LogP contribution is 2.20. The number of hydrogen-bond donors (Lipinski definition) is 4. The number of benzene rings is 2. The smallest absolute Gasteiger partial charge is 0.411 e. The molecular formula is C23H19N5O7. The number of carboxylic acids is 2. The molecule has 0 aliphatic heterocycles. The van der Waals surface area contributed by atoms with Crippen LogP contribution in [0.15, 0.2) is 53.7 Å². The Morgan fingerprint density at radius 1 is 1.11 bits per heavy atom. The first-order valence-corrected chi connectivity index (χ1v) is 10.3. The summed E-state index contributed by atoms with van der Waals surface area (Å²) in [5.41, 5.74) is 2.00. The van der Waals surface area contributed by atoms with Gasteiger partial charge in [0.05, 0.1) is 40.9 Å². The average Bonchev–Trinajstić information content (AvgIpc) is 3.27. The first kappa shape index (κ1) is 23.2. The second-order valence-electron chi connectivity index (χ2n) is 7.54. The minimum absolute atomic E-state index is 0.0531. The van der Waals surface area contributed by atoms with E-state index >= 15 is 0 Å². The van der Waals surface area contributed by atoms with E-state index in [1.807, 2.05) is 6.92 Å². The third kappa shape index (κ3) is 5.16. The standard InChI is InChI=1S/C23H19N5O7/c1-12-8-16-17(26-19(22(32)33)20(29)27-16)9-18(12)28-10-15(24-11-28)6-7-35-23(34)25-14-4-2-13(3-5-14)21(30)31/h2-5,8-11H,6-7H2,1H3,(H,25,34)(H,27,29)(H,30,31)(H,32,33). The molecule has 0 aliphatic carbocycles. The van der Waals surface area contributed by atoms with Gasteiger partial charge in [-0.3, -0.25) is 10.1 Å². The van der Waals surface area contributed by atoms with Gasteiger partial charge in [-0.25, -0.2) is 24.4 Å². The van der Waals surface area contributed by atoms with Crippen molar-refractivity contribution in [1.29, 1.82) is 0 Å². The third-order valence-corrected chi connectivity index (χ3v) is 5.10. The summed E-state index contributed by atoms with van der Waals surface area (Å²) in [5.74, 6) is -2.48. The zero-order valence-corrected chi connectivity index (χ0v) is 18.3. The van der Waals surface area contributed by atoms with Gasteiger partial charge in [-0.1, -0.05) is 0 Å². The second-order valence-corrected chi connectivity index (χ2v) is 7.54. The van der Waals surface area contributed by atoms with E-state index in [2.05, 4.69) is 20.3 Å². The molecule has 35 heavy (non-hydrogen) atoms. The molecule has 4 N–H and O–H groups in total. The number of H-pyrrole nitrogens is 1. The zero-order valence-electron chi connectivity index (χ0n) is 18.3. The molecule has 2 aromatic carbocycles. The lowest BCUT2D eigenvalue weighted by atomic mass is 10.1. The predicted octanol–water partition coefficient (Wildman–Crippen LogP) is 2.60. The fraction of sp³-hybridized carbons (Fsp3) is 0.130. The molecule has 0 aliphatic rings. The van der Waals surface area contributed by atoms with Gasteiger partial charge in [0.25, 0.3) is 5.56 Å². The molecule has 0 saturated carbocycles. The molecule has 0 spiro atoms. The number of rotatable bonds is 7. The maximum Gasteiger partial charge on any atom is 0.411 e. The first-order chi connectivity index (χ1) is 16.7. The Bertz CT molecular complexity index is 1510. The van der Waals surface area contributed by atoms with Crippen LogP contribution in [0, 0.1) is 6.92 Å². The molecule has 12 nitrogen and oxygen atoms in total. The van der Waals surface area contributed by atoms with Crippen LogP contribution in [0.1, 0.15) is 32.1 Å². The number of aromatic amines is 1. The van der Waals surface area contributed by atoms with Crippen LogP contribution < -0.4 is 10.9 Å². The number of aromatic nitrogens is 4. The summed E-state index contributed by atoms with van der Waals surface area (Å²) in [7, 11) is 0. The van der Waals surface area contributed by atoms with Crippen LogP contribution in [-0.4, -0.2) is 54.4 Å². The summed E-state index contributed by atoms with van der Waals surface area (Å²) in [5, 5.41) is 20.6. The number of hydrogen-bond acceptors (Lipinski definition) is 7. The van der Waals surface area contributed by atoms with Crippen LogP contribution in [0.25, 0.3) is 16.7 Å². The number of fused-ring (bicyclic) bond motifs is 1. The van der Waals surface area contributed by atoms with Crippen molar-refractivity contribution < 1.29 is 29.3 Å². The van der Waals surface area contributed by atoms with E-state index < -0.39 is 29.3 Å². The Morgan fingerprint density at radius 3 is 2.54 bits per heavy atom. The van der Waals surface area contributed by atoms with Gasteiger partial charge in [0.15, 0.2) is 0 Å². The molecule has 178 valence electrons. The average molecular weight is 477 g/mol. The van der Waals surface area contributed by atoms with Gasteiger partial charge in [0.2, 0.25) is 5.69 Å². The van der Waals surface area contributed by atoms with Gasteiger partial charge in [-0.15, -0.1) is 0 Å². The molecule has 4 rings (SSSR count). The molecule has 12 heteroatoms. The second kappa shape index (κ2) is 9.47. The van der Waals surface area contributed by atoms with E-state index in [9.17, 15) is 19.2 Å². The molecule has 0 saturated heterocycles. The van der Waals surface area contributed by atoms with Crippen LogP contribution >= 0.6 is 0 Å². The predicted molar refractivity (Wildman–Crippen MR) is 123 cm³/mol. The van der Waals surface area contributed by atoms with Gasteiger partial charge in [0.1, 0.15) is 0 Å². The maximum atomic E-state index is 12.0. The normalized spacial score (nSPS) is 10.8. The lowest BCUT2D eigenvalue weighted by molar-refractivity contribution is 0.0681. The number of carbonyl (C=O) groups is 3. The summed E-state index contributed by atoms with van der Waals surface area (Å²) >= 11 is 0. The van der Waals surface area contributed by atoms with Crippen molar-refractivity contribution in [2.45, 2.75) is 13.3 Å². The van der Waals surface area contributed by atoms with Crippen molar-refractivity contribution in [1.82, 2.24) is 19.5 Å². The number of imidazole rings is 1. The van der Waals surface area contributed by atoms with Crippen molar-refractivity contribution in [2.24, 2.45) is 0 Å². The molecule has 0 atom stereocenters. The van der Waals surface area contributed by atoms with Crippen LogP contribution in [0.5, 0.6) is 0 Å². The summed E-state index contributed by atoms with van der Waals surface area (Å²) in [6, 6.07) is 9.01. The zero-order chi connectivity index (χ0) is 25.1. The number of carboxylic acid groups (broad SMARTS) is 2. The van der Waals surface area contributed by atoms with Gasteiger partial charge < -0.3 is 24.5 Å². The maximum absolute atomic E-state index is 12.0. The Labute approximate surface area is 196 Å². The molecule has 0 fully saturated rings. The highest BCUT2D eigenvalue weighted by molar-refractivity contribution is 5.90. The molecule has 2 aromatic heterocycles. The van der Waals surface area contributed by atoms with Crippen molar-refractivity contribution in [3.05, 3.63) is 81.8 Å². The molecule has 1 amide bonds. The summed E-state index contributed by atoms with van der Waals surface area (Å²) < 4.78 is 6.88. The molecular weight excluding hydrogens is 458 g/mol. The summed E-state index contributed by atoms with van der Waals surface area (Å²) in [4.78, 5) is 56.7. The monoisotopic (exact) mass is 477 g/mol. The highest BCUT2D eigenvalue weighted by Gasteiger charge is 2.14. The Kier molecular flexibility index (Phi) is 6.27. The lowest BCUT2D eigenvalue weighted by Crippen LogP contribution is -2.20. The molecule has 4 aromatic rings. The number of aryl methyl sites for hydroxylation is 1. The van der Waals surface area contributed by atoms with Crippen molar-refractivity contribution in [3.8, 4) is 5.69 Å². The Balaban J connectivity index is 1.40. The third-order valence-electron chi connectivity index (χ3n) is 5.10. The molecule has 0 unspecified atom stereocenters. The molecule has 2 heterocycles. The summed E-state index contributed by atoms with van der Waals surface area (Å²) in [6.45, 7) is 1.88. The highest BCUT2D eigenvalue weighted by atomic mass is 16.5. The lowest BCUT2D eigenvalue weighted by Gasteiger charge is -2.09. The van der Waals surface area contributed by atoms with E-state index in [4.69, 9.17) is 14.9 Å². The fourth-order valence-electron chi connectivity index (χ4n) is 3.38. The SMILES string of the molecule is Cc1cc2[nH]c(=O)c(C(=O)O)nc2cc1-n1cnc(CCOC(=O)Nc2ccc(C(=O)O)cc2)c1. The quantitative estimate of drug-likeness (QED) is 0.311. The molecule has 0 radical (unpaired) electrons. The van der Waals surface area contributed by atoms with Crippen molar-refractivity contribution >= 4 is 34.8 Å². The number of aromatic carboxylic acids is 2. The van der Waals surface area contributed by atoms with Crippen molar-refractivity contribution in [3.63, 3.8) is 0 Å². The number of anilines is 1. The number of nitrogens with zero attached hydrogens (tertiary/aromatic N) is 3. The minimum atomic E-state index is -1.42. The number of carbonyl (C=O) groups excluding carboxylic acids is 1. The number of ether oxygens (including phenoxy) is 1. The van der Waals surface area contributed by atoms with E-state index in [0.29, 0.717) is 34.5 Å². The van der Waals surface area contributed by atoms with Crippen LogP contribution in [-0.2, 0) is 11.2 Å². The van der Waals surface area contributed by atoms with Gasteiger partial charge in [-0.05, 0) is 48.9 Å². The first-order valence-electron chi connectivity index (χ1n) is 10.3. The van der Waals surface area contributed by atoms with Gasteiger partial charge in [-0.2, -0.15) is 0 Å². The Morgan fingerprint density at radius 2 is 1.86 bits per heavy atom. The minimum Gasteiger partial charge on any atom is -0.478 e. The molecule has 0 bridgehead atoms. The fourth-order valence-corrected chi connectivity index (χ4v) is 3.38. The number of amides is 1. The Hall–Kier alpha value is -5.00. The number of nitrogens with one attached hydrogen (secondary N) is 2. The van der Waals surface area contributed by atoms with Crippen molar-refractivity contribution in [2.75, 3.05) is 11.9 Å². The van der Waals surface area contributed by atoms with Crippen LogP contribution in [0.3, 0.4) is 0 Å². The van der Waals surface area contributed by atoms with Gasteiger partial charge >= 0.3 is 18.0 Å².